The highest BCUT2D eigenvalue weighted by molar-refractivity contribution is 5.90. The summed E-state index contributed by atoms with van der Waals surface area (Å²) in [6.07, 6.45) is 10.4. The van der Waals surface area contributed by atoms with Crippen molar-refractivity contribution in [2.45, 2.75) is 13.1 Å². The van der Waals surface area contributed by atoms with Crippen LogP contribution in [-0.4, -0.2) is 46.8 Å². The number of phenols is 4. The van der Waals surface area contributed by atoms with Crippen molar-refractivity contribution in [2.24, 2.45) is 0 Å². The number of nitrogens with zero attached hydrogens (tertiary/aromatic N) is 8. The van der Waals surface area contributed by atoms with Crippen molar-refractivity contribution in [3.8, 4) is 29.1 Å². The molecular weight excluding hydrogens is 708 g/mol. The molecule has 0 radical (unpaired) electrons. The van der Waals surface area contributed by atoms with E-state index >= 15 is 0 Å². The molecule has 0 aliphatic heterocycles. The van der Waals surface area contributed by atoms with Crippen molar-refractivity contribution < 1.29 is 49.7 Å². The molecule has 19 nitrogen and oxygen atoms in total. The molecule has 0 unspecified atom stereocenters. The maximum absolute atomic E-state index is 11.2. The van der Waals surface area contributed by atoms with Gasteiger partial charge < -0.3 is 35.3 Å². The average molecular weight is 736 g/mol. The molecule has 0 fully saturated rings. The zero-order chi connectivity index (χ0) is 40.2. The zero-order valence-electron chi connectivity index (χ0n) is 27.6. The number of allylic oxidation sites excluding steroid dienone is 1. The Morgan fingerprint density at radius 3 is 1.91 bits per heavy atom. The Kier molecular flexibility index (Phi) is 16.0. The molecule has 19 heteroatoms. The SMILES string of the molecule is N#C/C(=C\c1cc(O)c(O)c([N+](=O)[O-])c1)c1ccc[n+]([O-])c1.O=Cc1cc(O)c(O)c([N+](=O)[O-])c1.[C-]#[N+]Cc1ccc[n+](O)c1.[C-]#[N+]Cc1cccnc1. The summed E-state index contributed by atoms with van der Waals surface area (Å²) < 4.78 is 1.46. The topological polar surface area (TPSA) is 281 Å². The fourth-order valence-corrected chi connectivity index (χ4v) is 3.92. The molecule has 5 N–H and O–H groups in total. The molecule has 0 saturated carbocycles. The predicted octanol–water partition coefficient (Wildman–Crippen LogP) is 4.65. The normalized spacial score (nSPS) is 9.76. The Labute approximate surface area is 305 Å². The summed E-state index contributed by atoms with van der Waals surface area (Å²) in [7, 11) is 0. The minimum Gasteiger partial charge on any atom is -0.619 e. The van der Waals surface area contributed by atoms with Crippen molar-refractivity contribution >= 4 is 29.3 Å². The van der Waals surface area contributed by atoms with E-state index in [-0.39, 0.29) is 16.7 Å². The number of hydrogen-bond acceptors (Lipinski definition) is 13. The van der Waals surface area contributed by atoms with Gasteiger partial charge in [0.25, 0.3) is 0 Å². The van der Waals surface area contributed by atoms with Crippen LogP contribution < -0.4 is 9.46 Å². The Morgan fingerprint density at radius 1 is 0.852 bits per heavy atom. The number of nitro benzene ring substituents is 2. The molecule has 0 atom stereocenters. The van der Waals surface area contributed by atoms with Crippen molar-refractivity contribution in [2.75, 3.05) is 0 Å². The van der Waals surface area contributed by atoms with Crippen LogP contribution in [0.3, 0.4) is 0 Å². The van der Waals surface area contributed by atoms with Crippen LogP contribution in [0.4, 0.5) is 11.4 Å². The number of aromatic nitrogens is 3. The van der Waals surface area contributed by atoms with E-state index in [9.17, 15) is 40.4 Å². The second kappa shape index (κ2) is 20.8. The lowest BCUT2D eigenvalue weighted by Gasteiger charge is -2.03. The van der Waals surface area contributed by atoms with Gasteiger partial charge in [0.1, 0.15) is 12.4 Å². The number of hydrogen-bond donors (Lipinski definition) is 5. The first-order valence-corrected chi connectivity index (χ1v) is 14.7. The minimum absolute atomic E-state index is 0.0676. The smallest absolute Gasteiger partial charge is 0.315 e. The van der Waals surface area contributed by atoms with Crippen LogP contribution >= 0.6 is 0 Å². The van der Waals surface area contributed by atoms with E-state index in [0.717, 1.165) is 40.1 Å². The monoisotopic (exact) mass is 735 g/mol. The Hall–Kier alpha value is -8.63. The van der Waals surface area contributed by atoms with E-state index in [1.807, 2.05) is 18.2 Å². The number of nitriles is 1. The summed E-state index contributed by atoms with van der Waals surface area (Å²) in [5.74, 6) is -3.05. The molecule has 0 aliphatic rings. The van der Waals surface area contributed by atoms with Crippen molar-refractivity contribution in [3.05, 3.63) is 174 Å². The Morgan fingerprint density at radius 2 is 1.41 bits per heavy atom. The van der Waals surface area contributed by atoms with Gasteiger partial charge in [-0.15, -0.1) is 0 Å². The lowest BCUT2D eigenvalue weighted by molar-refractivity contribution is -0.905. The summed E-state index contributed by atoms with van der Waals surface area (Å²) in [5, 5.41) is 87.1. The van der Waals surface area contributed by atoms with E-state index in [1.54, 1.807) is 24.5 Å². The average Bonchev–Trinajstić information content (AvgIpc) is 3.14. The van der Waals surface area contributed by atoms with Crippen LogP contribution in [0.1, 0.15) is 32.6 Å². The lowest BCUT2D eigenvalue weighted by atomic mass is 10.0. The van der Waals surface area contributed by atoms with Crippen molar-refractivity contribution in [1.82, 2.24) is 4.98 Å². The van der Waals surface area contributed by atoms with Gasteiger partial charge in [0, 0.05) is 52.5 Å². The van der Waals surface area contributed by atoms with Gasteiger partial charge in [0.05, 0.1) is 26.5 Å². The molecule has 5 rings (SSSR count). The maximum atomic E-state index is 11.2. The molecule has 5 aromatic rings. The van der Waals surface area contributed by atoms with Gasteiger partial charge in [-0.1, -0.05) is 0 Å². The number of phenolic OH excluding ortho intramolecular Hbond substituents is 4. The Bertz CT molecular complexity index is 2280. The largest absolute Gasteiger partial charge is 0.619 e. The molecule has 54 heavy (non-hydrogen) atoms. The number of carbonyl (C=O) groups is 1. The van der Waals surface area contributed by atoms with Gasteiger partial charge in [-0.25, -0.2) is 13.1 Å². The van der Waals surface area contributed by atoms with Gasteiger partial charge in [0.15, 0.2) is 23.9 Å². The van der Waals surface area contributed by atoms with Gasteiger partial charge in [-0.05, 0) is 48.0 Å². The number of nitro groups is 2. The predicted molar refractivity (Wildman–Crippen MR) is 186 cm³/mol. The van der Waals surface area contributed by atoms with E-state index in [2.05, 4.69) is 14.7 Å². The summed E-state index contributed by atoms with van der Waals surface area (Å²) in [6, 6.07) is 16.0. The number of carbonyl (C=O) groups excluding carboxylic acids is 1. The van der Waals surface area contributed by atoms with E-state index in [0.29, 0.717) is 29.7 Å². The number of rotatable bonds is 7. The first-order chi connectivity index (χ1) is 25.7. The quantitative estimate of drug-likeness (QED) is 0.0175. The van der Waals surface area contributed by atoms with Crippen LogP contribution in [-0.2, 0) is 13.1 Å². The summed E-state index contributed by atoms with van der Waals surface area (Å²) in [6.45, 7) is 13.8. The highest BCUT2D eigenvalue weighted by atomic mass is 16.6. The number of pyridine rings is 3. The molecule has 0 amide bonds. The minimum atomic E-state index is -0.887. The van der Waals surface area contributed by atoms with Crippen LogP contribution in [0.15, 0.2) is 97.8 Å². The number of benzene rings is 2. The van der Waals surface area contributed by atoms with Crippen LogP contribution in [0, 0.1) is 49.9 Å². The fourth-order valence-electron chi connectivity index (χ4n) is 3.92. The zero-order valence-corrected chi connectivity index (χ0v) is 27.6. The highest BCUT2D eigenvalue weighted by Gasteiger charge is 2.19. The van der Waals surface area contributed by atoms with E-state index in [1.165, 1.54) is 43.0 Å². The van der Waals surface area contributed by atoms with Crippen LogP contribution in [0.5, 0.6) is 23.0 Å². The summed E-state index contributed by atoms with van der Waals surface area (Å²) in [5.41, 5.74) is 0.881. The van der Waals surface area contributed by atoms with Crippen LogP contribution in [0.2, 0.25) is 0 Å². The van der Waals surface area contributed by atoms with Crippen LogP contribution in [0.25, 0.3) is 21.3 Å². The molecule has 0 aliphatic carbocycles. The number of aldehydes is 1. The standard InChI is InChI=1S/C14H9N3O5.C7H7N2O.C7H6N2.C7H5NO5/c15-7-11(10-2-1-3-16(20)8-10)4-9-5-12(17(21)22)14(19)13(18)6-9;1-8-5-7-3-2-4-9(10)6-7;1-8-5-7-3-2-4-9-6-7;9-3-4-1-5(8(12)13)7(11)6(10)2-4/h1-6,8,18-19H;2-4,6,10H,5H2;2-4,6H,5H2;1-3,10-11H/q;+1;;/b11-4+;;;. The summed E-state index contributed by atoms with van der Waals surface area (Å²) >= 11 is 0. The lowest BCUT2D eigenvalue weighted by Crippen LogP contribution is -2.28. The number of aromatic hydroxyl groups is 4. The second-order valence-electron chi connectivity index (χ2n) is 10.2. The molecule has 272 valence electrons. The highest BCUT2D eigenvalue weighted by Crippen LogP contribution is 2.37. The third-order valence-electron chi connectivity index (χ3n) is 6.32. The third-order valence-corrected chi connectivity index (χ3v) is 6.32. The first kappa shape index (κ1) is 41.5. The Balaban J connectivity index is 0.000000268. The second-order valence-corrected chi connectivity index (χ2v) is 10.2. The molecular formula is C35H27N8O11+. The van der Waals surface area contributed by atoms with Crippen molar-refractivity contribution in [1.29, 1.82) is 5.26 Å². The third kappa shape index (κ3) is 13.0. The molecule has 0 spiro atoms. The molecule has 0 saturated heterocycles. The van der Waals surface area contributed by atoms with E-state index < -0.39 is 44.2 Å². The fraction of sp³-hybridized carbons (Fsp3) is 0.0571. The molecule has 0 bridgehead atoms. The maximum Gasteiger partial charge on any atom is 0.315 e. The molecule has 3 aromatic heterocycles. The van der Waals surface area contributed by atoms with Gasteiger partial charge in [-0.3, -0.25) is 35.2 Å². The molecule has 2 aromatic carbocycles. The molecule has 3 heterocycles. The van der Waals surface area contributed by atoms with E-state index in [4.69, 9.17) is 33.8 Å². The summed E-state index contributed by atoms with van der Waals surface area (Å²) in [4.78, 5) is 39.8. The first-order valence-electron chi connectivity index (χ1n) is 14.7. The van der Waals surface area contributed by atoms with Gasteiger partial charge in [-0.2, -0.15) is 9.99 Å². The van der Waals surface area contributed by atoms with Gasteiger partial charge in [0.2, 0.25) is 37.0 Å². The van der Waals surface area contributed by atoms with Crippen molar-refractivity contribution in [3.63, 3.8) is 0 Å². The van der Waals surface area contributed by atoms with Gasteiger partial charge >= 0.3 is 11.4 Å².